The van der Waals surface area contributed by atoms with E-state index in [1.54, 1.807) is 66.9 Å². The minimum Gasteiger partial charge on any atom is -0.467 e. The third-order valence-electron chi connectivity index (χ3n) is 4.81. The number of nitrogens with one attached hydrogen (secondary N) is 4. The van der Waals surface area contributed by atoms with Crippen molar-refractivity contribution in [2.45, 2.75) is 26.3 Å². The third-order valence-corrected chi connectivity index (χ3v) is 4.81. The number of furan rings is 1. The van der Waals surface area contributed by atoms with Gasteiger partial charge in [-0.1, -0.05) is 25.5 Å². The lowest BCUT2D eigenvalue weighted by Crippen LogP contribution is -2.25. The fourth-order valence-corrected chi connectivity index (χ4v) is 3.06. The first-order valence-electron chi connectivity index (χ1n) is 10.9. The van der Waals surface area contributed by atoms with Gasteiger partial charge in [-0.2, -0.15) is 0 Å². The van der Waals surface area contributed by atoms with Crippen LogP contribution in [0.25, 0.3) is 0 Å². The molecule has 8 heteroatoms. The number of carbonyl (C=O) groups excluding carboxylic acids is 3. The molecule has 0 aliphatic heterocycles. The Morgan fingerprint density at radius 2 is 1.55 bits per heavy atom. The van der Waals surface area contributed by atoms with Crippen LogP contribution in [0.2, 0.25) is 0 Å². The second-order valence-electron chi connectivity index (χ2n) is 7.43. The largest absolute Gasteiger partial charge is 0.467 e. The first-order chi connectivity index (χ1) is 16.0. The standard InChI is InChI=1S/C25H28N4O4/c1-2-3-12-26-24(31)18-7-4-9-20(14-18)27-17-23(30)29-21-10-5-8-19(15-21)25(32)28-16-22-11-6-13-33-22/h4-11,13-15,27H,2-3,12,16-17H2,1H3,(H,26,31)(H,28,32)(H,29,30). The van der Waals surface area contributed by atoms with E-state index in [1.165, 1.54) is 0 Å². The number of amides is 3. The summed E-state index contributed by atoms with van der Waals surface area (Å²) in [7, 11) is 0. The Labute approximate surface area is 192 Å². The van der Waals surface area contributed by atoms with Crippen LogP contribution in [0, 0.1) is 0 Å². The van der Waals surface area contributed by atoms with Crippen LogP contribution in [0.5, 0.6) is 0 Å². The second-order valence-corrected chi connectivity index (χ2v) is 7.43. The molecule has 0 spiro atoms. The Morgan fingerprint density at radius 3 is 2.24 bits per heavy atom. The van der Waals surface area contributed by atoms with E-state index in [9.17, 15) is 14.4 Å². The van der Waals surface area contributed by atoms with Crippen molar-refractivity contribution in [2.75, 3.05) is 23.7 Å². The van der Waals surface area contributed by atoms with Gasteiger partial charge < -0.3 is 25.7 Å². The molecule has 0 unspecified atom stereocenters. The van der Waals surface area contributed by atoms with Gasteiger partial charge in [-0.05, 0) is 55.0 Å². The zero-order chi connectivity index (χ0) is 23.5. The summed E-state index contributed by atoms with van der Waals surface area (Å²) in [6.07, 6.45) is 3.48. The highest BCUT2D eigenvalue weighted by Gasteiger charge is 2.10. The molecule has 1 heterocycles. The normalized spacial score (nSPS) is 10.3. The lowest BCUT2D eigenvalue weighted by atomic mass is 10.1. The zero-order valence-corrected chi connectivity index (χ0v) is 18.5. The van der Waals surface area contributed by atoms with E-state index in [1.807, 2.05) is 0 Å². The van der Waals surface area contributed by atoms with Gasteiger partial charge in [0.1, 0.15) is 5.76 Å². The molecule has 8 nitrogen and oxygen atoms in total. The molecule has 0 atom stereocenters. The number of anilines is 2. The van der Waals surface area contributed by atoms with E-state index < -0.39 is 0 Å². The van der Waals surface area contributed by atoms with Crippen LogP contribution in [-0.2, 0) is 11.3 Å². The highest BCUT2D eigenvalue weighted by atomic mass is 16.3. The lowest BCUT2D eigenvalue weighted by Gasteiger charge is -2.10. The Kier molecular flexibility index (Phi) is 8.64. The molecule has 0 bridgehead atoms. The van der Waals surface area contributed by atoms with E-state index in [4.69, 9.17) is 4.42 Å². The summed E-state index contributed by atoms with van der Waals surface area (Å²) in [6.45, 7) is 2.99. The van der Waals surface area contributed by atoms with Gasteiger partial charge in [-0.3, -0.25) is 14.4 Å². The summed E-state index contributed by atoms with van der Waals surface area (Å²) >= 11 is 0. The molecule has 0 fully saturated rings. The highest BCUT2D eigenvalue weighted by Crippen LogP contribution is 2.13. The second kappa shape index (κ2) is 12.1. The van der Waals surface area contributed by atoms with E-state index in [0.29, 0.717) is 34.8 Å². The van der Waals surface area contributed by atoms with Crippen molar-refractivity contribution in [1.29, 1.82) is 0 Å². The predicted octanol–water partition coefficient (Wildman–Crippen LogP) is 3.79. The monoisotopic (exact) mass is 448 g/mol. The molecular weight excluding hydrogens is 420 g/mol. The van der Waals surface area contributed by atoms with Crippen molar-refractivity contribution in [1.82, 2.24) is 10.6 Å². The molecule has 0 saturated carbocycles. The summed E-state index contributed by atoms with van der Waals surface area (Å²) < 4.78 is 5.20. The van der Waals surface area contributed by atoms with Gasteiger partial charge in [0.25, 0.3) is 11.8 Å². The minimum atomic E-state index is -0.277. The molecule has 4 N–H and O–H groups in total. The van der Waals surface area contributed by atoms with Gasteiger partial charge in [-0.15, -0.1) is 0 Å². The van der Waals surface area contributed by atoms with E-state index in [0.717, 1.165) is 12.8 Å². The molecule has 3 amide bonds. The van der Waals surface area contributed by atoms with Gasteiger partial charge in [0.05, 0.1) is 19.4 Å². The fraction of sp³-hybridized carbons (Fsp3) is 0.240. The quantitative estimate of drug-likeness (QED) is 0.334. The maximum absolute atomic E-state index is 12.4. The molecule has 0 aliphatic rings. The van der Waals surface area contributed by atoms with Gasteiger partial charge >= 0.3 is 0 Å². The van der Waals surface area contributed by atoms with Gasteiger partial charge in [0.2, 0.25) is 5.91 Å². The van der Waals surface area contributed by atoms with E-state index in [2.05, 4.69) is 28.2 Å². The molecule has 0 aliphatic carbocycles. The molecule has 3 rings (SSSR count). The number of hydrogen-bond acceptors (Lipinski definition) is 5. The molecule has 3 aromatic rings. The maximum Gasteiger partial charge on any atom is 0.251 e. The minimum absolute atomic E-state index is 0.00975. The fourth-order valence-electron chi connectivity index (χ4n) is 3.06. The third kappa shape index (κ3) is 7.53. The van der Waals surface area contributed by atoms with Crippen molar-refractivity contribution in [3.05, 3.63) is 83.8 Å². The SMILES string of the molecule is CCCCNC(=O)c1cccc(NCC(=O)Nc2cccc(C(=O)NCc3ccco3)c2)c1. The zero-order valence-electron chi connectivity index (χ0n) is 18.5. The molecule has 33 heavy (non-hydrogen) atoms. The van der Waals surface area contributed by atoms with Crippen molar-refractivity contribution >= 4 is 29.1 Å². The number of rotatable bonds is 11. The highest BCUT2D eigenvalue weighted by molar-refractivity contribution is 5.98. The van der Waals surface area contributed by atoms with Gasteiger partial charge in [-0.25, -0.2) is 0 Å². The molecule has 0 saturated heterocycles. The number of carbonyl (C=O) groups is 3. The van der Waals surface area contributed by atoms with Gasteiger partial charge in [0, 0.05) is 29.0 Å². The van der Waals surface area contributed by atoms with E-state index in [-0.39, 0.29) is 30.8 Å². The van der Waals surface area contributed by atoms with Crippen LogP contribution in [0.4, 0.5) is 11.4 Å². The Hall–Kier alpha value is -4.07. The smallest absolute Gasteiger partial charge is 0.251 e. The van der Waals surface area contributed by atoms with Gasteiger partial charge in [0.15, 0.2) is 0 Å². The topological polar surface area (TPSA) is 112 Å². The van der Waals surface area contributed by atoms with Crippen LogP contribution in [-0.4, -0.2) is 30.8 Å². The summed E-state index contributed by atoms with van der Waals surface area (Å²) in [5.74, 6) is -0.0318. The lowest BCUT2D eigenvalue weighted by molar-refractivity contribution is -0.114. The number of hydrogen-bond donors (Lipinski definition) is 4. The average Bonchev–Trinajstić information content (AvgIpc) is 3.35. The molecule has 0 radical (unpaired) electrons. The van der Waals surface area contributed by atoms with Crippen LogP contribution < -0.4 is 21.3 Å². The summed E-state index contributed by atoms with van der Waals surface area (Å²) in [5, 5.41) is 11.4. The van der Waals surface area contributed by atoms with Crippen molar-refractivity contribution < 1.29 is 18.8 Å². The Bertz CT molecular complexity index is 1080. The van der Waals surface area contributed by atoms with Crippen molar-refractivity contribution in [2.24, 2.45) is 0 Å². The summed E-state index contributed by atoms with van der Waals surface area (Å²) in [5.41, 5.74) is 2.13. The summed E-state index contributed by atoms with van der Waals surface area (Å²) in [6, 6.07) is 17.2. The van der Waals surface area contributed by atoms with Crippen LogP contribution >= 0.6 is 0 Å². The number of unbranched alkanes of at least 4 members (excludes halogenated alkanes) is 1. The number of benzene rings is 2. The molecule has 172 valence electrons. The molecule has 2 aromatic carbocycles. The first kappa shape index (κ1) is 23.6. The van der Waals surface area contributed by atoms with Crippen LogP contribution in [0.3, 0.4) is 0 Å². The maximum atomic E-state index is 12.4. The first-order valence-corrected chi connectivity index (χ1v) is 10.9. The summed E-state index contributed by atoms with van der Waals surface area (Å²) in [4.78, 5) is 36.9. The predicted molar refractivity (Wildman–Crippen MR) is 127 cm³/mol. The average molecular weight is 449 g/mol. The van der Waals surface area contributed by atoms with Crippen molar-refractivity contribution in [3.63, 3.8) is 0 Å². The van der Waals surface area contributed by atoms with Crippen LogP contribution in [0.1, 0.15) is 46.2 Å². The van der Waals surface area contributed by atoms with Crippen LogP contribution in [0.15, 0.2) is 71.3 Å². The Morgan fingerprint density at radius 1 is 0.848 bits per heavy atom. The molecule has 1 aromatic heterocycles. The van der Waals surface area contributed by atoms with E-state index >= 15 is 0 Å². The Balaban J connectivity index is 1.50. The van der Waals surface area contributed by atoms with Crippen molar-refractivity contribution in [3.8, 4) is 0 Å². The molecular formula is C25H28N4O4.